The number of nitrogens with zero attached hydrogens (tertiary/aromatic N) is 4. The molecule has 2 amide bonds. The third kappa shape index (κ3) is 4.82. The first-order valence-corrected chi connectivity index (χ1v) is 8.88. The minimum atomic E-state index is -0.608. The van der Waals surface area contributed by atoms with Crippen LogP contribution in [0.5, 0.6) is 0 Å². The molecule has 0 radical (unpaired) electrons. The lowest BCUT2D eigenvalue weighted by Gasteiger charge is -2.23. The summed E-state index contributed by atoms with van der Waals surface area (Å²) in [6.45, 7) is 11.1. The summed E-state index contributed by atoms with van der Waals surface area (Å²) in [7, 11) is 0. The molecule has 2 rings (SSSR count). The van der Waals surface area contributed by atoms with Crippen molar-refractivity contribution >= 4 is 17.5 Å². The number of rotatable bonds is 5. The Kier molecular flexibility index (Phi) is 5.84. The van der Waals surface area contributed by atoms with Crippen LogP contribution in [0.15, 0.2) is 6.20 Å². The second-order valence-corrected chi connectivity index (χ2v) is 7.70. The maximum absolute atomic E-state index is 12.3. The van der Waals surface area contributed by atoms with Gasteiger partial charge < -0.3 is 10.6 Å². The number of amides is 2. The molecule has 0 fully saturated rings. The number of nitriles is 1. The molecule has 8 heteroatoms. The molecule has 1 unspecified atom stereocenters. The Labute approximate surface area is 159 Å². The zero-order valence-electron chi connectivity index (χ0n) is 16.7. The van der Waals surface area contributed by atoms with Gasteiger partial charge in [0.2, 0.25) is 11.8 Å². The molecule has 0 aliphatic heterocycles. The van der Waals surface area contributed by atoms with Crippen molar-refractivity contribution in [2.24, 2.45) is 0 Å². The summed E-state index contributed by atoms with van der Waals surface area (Å²) < 4.78 is 1.62. The molecule has 2 N–H and O–H groups in total. The van der Waals surface area contributed by atoms with Gasteiger partial charge in [0, 0.05) is 23.3 Å². The Morgan fingerprint density at radius 1 is 1.33 bits per heavy atom. The highest BCUT2D eigenvalue weighted by Crippen LogP contribution is 2.18. The summed E-state index contributed by atoms with van der Waals surface area (Å²) in [5, 5.41) is 18.9. The van der Waals surface area contributed by atoms with Gasteiger partial charge in [-0.2, -0.15) is 10.4 Å². The van der Waals surface area contributed by atoms with Crippen molar-refractivity contribution in [3.8, 4) is 6.07 Å². The van der Waals surface area contributed by atoms with E-state index in [0.29, 0.717) is 17.6 Å². The number of nitrogens with one attached hydrogen (secondary N) is 2. The molecule has 0 bridgehead atoms. The van der Waals surface area contributed by atoms with Crippen molar-refractivity contribution in [1.29, 1.82) is 5.26 Å². The van der Waals surface area contributed by atoms with E-state index in [9.17, 15) is 9.59 Å². The minimum Gasteiger partial charge on any atom is -0.350 e. The molecule has 2 aromatic heterocycles. The van der Waals surface area contributed by atoms with Crippen LogP contribution < -0.4 is 10.6 Å². The van der Waals surface area contributed by atoms with Gasteiger partial charge in [-0.05, 0) is 53.5 Å². The monoisotopic (exact) mass is 370 g/mol. The van der Waals surface area contributed by atoms with Crippen molar-refractivity contribution in [3.63, 3.8) is 0 Å². The zero-order valence-corrected chi connectivity index (χ0v) is 16.7. The third-order valence-corrected chi connectivity index (χ3v) is 4.20. The molecule has 0 aromatic carbocycles. The summed E-state index contributed by atoms with van der Waals surface area (Å²) in [6, 6.07) is 1.47. The maximum Gasteiger partial charge on any atom is 0.242 e. The summed E-state index contributed by atoms with van der Waals surface area (Å²) in [5.74, 6) is -0.421. The Balaban J connectivity index is 2.05. The van der Waals surface area contributed by atoms with E-state index >= 15 is 0 Å². The summed E-state index contributed by atoms with van der Waals surface area (Å²) in [4.78, 5) is 28.8. The van der Waals surface area contributed by atoms with Gasteiger partial charge in [0.05, 0.1) is 6.20 Å². The van der Waals surface area contributed by atoms with Gasteiger partial charge in [0.25, 0.3) is 0 Å². The van der Waals surface area contributed by atoms with E-state index in [2.05, 4.69) is 26.8 Å². The quantitative estimate of drug-likeness (QED) is 0.830. The summed E-state index contributed by atoms with van der Waals surface area (Å²) >= 11 is 0. The molecule has 27 heavy (non-hydrogen) atoms. The van der Waals surface area contributed by atoms with Crippen LogP contribution in [0.2, 0.25) is 0 Å². The number of hydrogen-bond donors (Lipinski definition) is 2. The highest BCUT2D eigenvalue weighted by molar-refractivity contribution is 5.87. The first-order valence-electron chi connectivity index (χ1n) is 8.88. The van der Waals surface area contributed by atoms with Crippen LogP contribution in [0.25, 0.3) is 5.65 Å². The van der Waals surface area contributed by atoms with Gasteiger partial charge in [-0.25, -0.2) is 9.50 Å². The average Bonchev–Trinajstić information content (AvgIpc) is 2.95. The van der Waals surface area contributed by atoms with Crippen molar-refractivity contribution < 1.29 is 9.59 Å². The van der Waals surface area contributed by atoms with E-state index in [4.69, 9.17) is 5.26 Å². The van der Waals surface area contributed by atoms with Crippen LogP contribution in [0.4, 0.5) is 0 Å². The lowest BCUT2D eigenvalue weighted by Crippen LogP contribution is -2.50. The average molecular weight is 370 g/mol. The summed E-state index contributed by atoms with van der Waals surface area (Å²) in [5.41, 5.74) is 3.13. The number of aryl methyl sites for hydroxylation is 2. The van der Waals surface area contributed by atoms with Gasteiger partial charge in [-0.15, -0.1) is 0 Å². The van der Waals surface area contributed by atoms with Gasteiger partial charge in [0.15, 0.2) is 5.65 Å². The number of hydrogen-bond acceptors (Lipinski definition) is 5. The Morgan fingerprint density at radius 2 is 2.00 bits per heavy atom. The van der Waals surface area contributed by atoms with Crippen LogP contribution in [-0.2, 0) is 16.0 Å². The van der Waals surface area contributed by atoms with Gasteiger partial charge >= 0.3 is 0 Å². The van der Waals surface area contributed by atoms with Gasteiger partial charge in [0.1, 0.15) is 17.7 Å². The SMILES string of the molecule is Cc1nc2c(C#N)cnn2c(C)c1CCC(=O)NC(C)C(=O)NC(C)(C)C. The highest BCUT2D eigenvalue weighted by Gasteiger charge is 2.21. The van der Waals surface area contributed by atoms with E-state index in [0.717, 1.165) is 17.0 Å². The van der Waals surface area contributed by atoms with Crippen LogP contribution in [-0.4, -0.2) is 38.0 Å². The highest BCUT2D eigenvalue weighted by atomic mass is 16.2. The molecule has 0 saturated carbocycles. The molecule has 0 spiro atoms. The molecule has 8 nitrogen and oxygen atoms in total. The van der Waals surface area contributed by atoms with Gasteiger partial charge in [-0.1, -0.05) is 0 Å². The van der Waals surface area contributed by atoms with E-state index in [1.54, 1.807) is 11.4 Å². The fourth-order valence-electron chi connectivity index (χ4n) is 2.85. The Hall–Kier alpha value is -2.95. The number of carbonyl (C=O) groups is 2. The normalized spacial score (nSPS) is 12.5. The standard InChI is InChI=1S/C19H26N6O2/c1-11-15(13(3)25-17(23-11)14(9-20)10-21-25)7-8-16(26)22-12(2)18(27)24-19(4,5)6/h10,12H,7-8H2,1-6H3,(H,22,26)(H,24,27). The minimum absolute atomic E-state index is 0.205. The molecule has 0 aliphatic rings. The number of carbonyl (C=O) groups excluding carboxylic acids is 2. The third-order valence-electron chi connectivity index (χ3n) is 4.20. The maximum atomic E-state index is 12.3. The van der Waals surface area contributed by atoms with E-state index < -0.39 is 6.04 Å². The lowest BCUT2D eigenvalue weighted by atomic mass is 10.1. The van der Waals surface area contributed by atoms with Crippen molar-refractivity contribution in [3.05, 3.63) is 28.7 Å². The Morgan fingerprint density at radius 3 is 2.59 bits per heavy atom. The van der Waals surface area contributed by atoms with Crippen LogP contribution in [0.1, 0.15) is 56.6 Å². The lowest BCUT2D eigenvalue weighted by molar-refractivity contribution is -0.129. The van der Waals surface area contributed by atoms with Crippen molar-refractivity contribution in [1.82, 2.24) is 25.2 Å². The van der Waals surface area contributed by atoms with Crippen LogP contribution >= 0.6 is 0 Å². The largest absolute Gasteiger partial charge is 0.350 e. The van der Waals surface area contributed by atoms with Crippen LogP contribution in [0.3, 0.4) is 0 Å². The zero-order chi connectivity index (χ0) is 20.4. The predicted octanol–water partition coefficient (Wildman–Crippen LogP) is 1.57. The molecule has 144 valence electrons. The molecule has 0 saturated heterocycles. The number of aromatic nitrogens is 3. The first kappa shape index (κ1) is 20.4. The van der Waals surface area contributed by atoms with E-state index in [1.165, 1.54) is 6.20 Å². The summed E-state index contributed by atoms with van der Waals surface area (Å²) in [6.07, 6.45) is 2.19. The van der Waals surface area contributed by atoms with Crippen molar-refractivity contribution in [2.75, 3.05) is 0 Å². The van der Waals surface area contributed by atoms with Crippen molar-refractivity contribution in [2.45, 2.75) is 66.0 Å². The predicted molar refractivity (Wildman–Crippen MR) is 101 cm³/mol. The number of fused-ring (bicyclic) bond motifs is 1. The smallest absolute Gasteiger partial charge is 0.242 e. The molecular formula is C19H26N6O2. The fraction of sp³-hybridized carbons (Fsp3) is 0.526. The van der Waals surface area contributed by atoms with Crippen LogP contribution in [0, 0.1) is 25.2 Å². The fourth-order valence-corrected chi connectivity index (χ4v) is 2.85. The Bertz CT molecular complexity index is 917. The molecule has 0 aliphatic carbocycles. The van der Waals surface area contributed by atoms with E-state index in [-0.39, 0.29) is 23.8 Å². The second-order valence-electron chi connectivity index (χ2n) is 7.70. The topological polar surface area (TPSA) is 112 Å². The molecular weight excluding hydrogens is 344 g/mol. The molecule has 2 heterocycles. The second kappa shape index (κ2) is 7.74. The first-order chi connectivity index (χ1) is 12.5. The molecule has 2 aromatic rings. The molecule has 1 atom stereocenters. The van der Waals surface area contributed by atoms with Gasteiger partial charge in [-0.3, -0.25) is 9.59 Å². The van der Waals surface area contributed by atoms with E-state index in [1.807, 2.05) is 34.6 Å².